The Hall–Kier alpha value is -4.92. The van der Waals surface area contributed by atoms with E-state index in [1.807, 2.05) is 30.5 Å². The molecule has 0 saturated carbocycles. The summed E-state index contributed by atoms with van der Waals surface area (Å²) in [5.74, 6) is -1.40. The van der Waals surface area contributed by atoms with E-state index in [1.165, 1.54) is 24.3 Å². The predicted molar refractivity (Wildman–Crippen MR) is 139 cm³/mol. The number of hydrogen-bond donors (Lipinski definition) is 4. The molecule has 1 aromatic heterocycles. The summed E-state index contributed by atoms with van der Waals surface area (Å²) >= 11 is 0. The largest absolute Gasteiger partial charge is 0.464 e. The van der Waals surface area contributed by atoms with Crippen LogP contribution in [0.2, 0.25) is 0 Å². The second kappa shape index (κ2) is 11.2. The summed E-state index contributed by atoms with van der Waals surface area (Å²) < 4.78 is 10.5. The van der Waals surface area contributed by atoms with E-state index in [0.29, 0.717) is 11.3 Å². The Labute approximate surface area is 213 Å². The number of nitrogens with one attached hydrogen (secondary N) is 3. The number of benzene rings is 3. The van der Waals surface area contributed by atoms with Gasteiger partial charge in [-0.3, -0.25) is 10.2 Å². The number of esters is 2. The fourth-order valence-corrected chi connectivity index (χ4v) is 3.82. The summed E-state index contributed by atoms with van der Waals surface area (Å²) in [6.45, 7) is 1.89. The zero-order valence-electron chi connectivity index (χ0n) is 20.1. The first-order chi connectivity index (χ1) is 17.9. The van der Waals surface area contributed by atoms with Gasteiger partial charge in [0.25, 0.3) is 5.91 Å². The zero-order valence-corrected chi connectivity index (χ0v) is 20.1. The molecule has 9 nitrogen and oxygen atoms in total. The molecule has 0 aliphatic heterocycles. The second-order valence-corrected chi connectivity index (χ2v) is 8.25. The maximum Gasteiger partial charge on any atom is 0.343 e. The normalized spacial score (nSPS) is 11.5. The number of amidine groups is 1. The topological polar surface area (TPSA) is 147 Å². The predicted octanol–water partition coefficient (Wildman–Crippen LogP) is 3.58. The third-order valence-corrected chi connectivity index (χ3v) is 5.73. The van der Waals surface area contributed by atoms with Crippen molar-refractivity contribution in [3.05, 3.63) is 101 Å². The Balaban J connectivity index is 1.44. The lowest BCUT2D eigenvalue weighted by Gasteiger charge is -2.17. The number of hydrogen-bond acceptors (Lipinski definition) is 6. The Kier molecular flexibility index (Phi) is 7.63. The summed E-state index contributed by atoms with van der Waals surface area (Å²) in [6.07, 6.45) is 2.07. The van der Waals surface area contributed by atoms with Gasteiger partial charge >= 0.3 is 11.9 Å². The van der Waals surface area contributed by atoms with Crippen molar-refractivity contribution in [2.75, 3.05) is 6.61 Å². The monoisotopic (exact) mass is 498 g/mol. The Morgan fingerprint density at radius 3 is 2.27 bits per heavy atom. The number of aromatic amines is 1. The van der Waals surface area contributed by atoms with E-state index in [0.717, 1.165) is 16.5 Å². The molecule has 0 saturated heterocycles. The standard InChI is InChI=1S/C28H26N4O5/c1-2-36-28(35)24(15-20-16-31-23-6-4-3-5-22(20)23)32-26(33)18-7-9-19(10-8-18)27(34)37-21-13-11-17(12-14-21)25(29)30/h3-14,16,24,31H,2,15H2,1H3,(H3,29,30)(H,32,33). The van der Waals surface area contributed by atoms with Gasteiger partial charge in [0.1, 0.15) is 17.6 Å². The van der Waals surface area contributed by atoms with Gasteiger partial charge in [0.05, 0.1) is 12.2 Å². The van der Waals surface area contributed by atoms with Crippen LogP contribution in [0.25, 0.3) is 10.9 Å². The lowest BCUT2D eigenvalue weighted by atomic mass is 10.0. The highest BCUT2D eigenvalue weighted by atomic mass is 16.5. The van der Waals surface area contributed by atoms with E-state index in [-0.39, 0.29) is 30.0 Å². The van der Waals surface area contributed by atoms with Crippen LogP contribution in [0.5, 0.6) is 5.75 Å². The number of rotatable bonds is 9. The van der Waals surface area contributed by atoms with Crippen LogP contribution in [0, 0.1) is 5.41 Å². The minimum absolute atomic E-state index is 0.0848. The van der Waals surface area contributed by atoms with Gasteiger partial charge in [-0.05, 0) is 67.1 Å². The average molecular weight is 499 g/mol. The molecule has 0 fully saturated rings. The SMILES string of the molecule is CCOC(=O)C(Cc1c[nH]c2ccccc12)NC(=O)c1ccc(C(=O)Oc2ccc(C(=N)N)cc2)cc1. The molecule has 0 bridgehead atoms. The fourth-order valence-electron chi connectivity index (χ4n) is 3.82. The molecule has 37 heavy (non-hydrogen) atoms. The van der Waals surface area contributed by atoms with Gasteiger partial charge in [-0.25, -0.2) is 9.59 Å². The molecule has 0 aliphatic rings. The number of H-pyrrole nitrogens is 1. The molecular weight excluding hydrogens is 472 g/mol. The minimum Gasteiger partial charge on any atom is -0.464 e. The highest BCUT2D eigenvalue weighted by Gasteiger charge is 2.24. The summed E-state index contributed by atoms with van der Waals surface area (Å²) in [4.78, 5) is 41.2. The van der Waals surface area contributed by atoms with E-state index in [4.69, 9.17) is 20.6 Å². The Bertz CT molecular complexity index is 1440. The van der Waals surface area contributed by atoms with Gasteiger partial charge in [0.2, 0.25) is 0 Å². The highest BCUT2D eigenvalue weighted by Crippen LogP contribution is 2.20. The van der Waals surface area contributed by atoms with Crippen molar-refractivity contribution in [3.8, 4) is 5.75 Å². The third kappa shape index (κ3) is 6.02. The van der Waals surface area contributed by atoms with E-state index >= 15 is 0 Å². The van der Waals surface area contributed by atoms with Crippen molar-refractivity contribution < 1.29 is 23.9 Å². The van der Waals surface area contributed by atoms with Gasteiger partial charge in [0, 0.05) is 34.6 Å². The van der Waals surface area contributed by atoms with E-state index < -0.39 is 23.9 Å². The van der Waals surface area contributed by atoms with Crippen LogP contribution in [-0.4, -0.2) is 41.3 Å². The molecule has 9 heteroatoms. The number of amides is 1. The molecule has 1 unspecified atom stereocenters. The van der Waals surface area contributed by atoms with E-state index in [1.54, 1.807) is 31.2 Å². The van der Waals surface area contributed by atoms with Gasteiger partial charge in [-0.2, -0.15) is 0 Å². The van der Waals surface area contributed by atoms with E-state index in [2.05, 4.69) is 10.3 Å². The Morgan fingerprint density at radius 2 is 1.59 bits per heavy atom. The molecule has 5 N–H and O–H groups in total. The smallest absolute Gasteiger partial charge is 0.343 e. The first-order valence-corrected chi connectivity index (χ1v) is 11.6. The van der Waals surface area contributed by atoms with Crippen molar-refractivity contribution in [2.24, 2.45) is 5.73 Å². The molecule has 1 atom stereocenters. The number of nitrogen functional groups attached to an aromatic ring is 1. The van der Waals surface area contributed by atoms with Crippen LogP contribution in [0.15, 0.2) is 79.0 Å². The number of fused-ring (bicyclic) bond motifs is 1. The lowest BCUT2D eigenvalue weighted by Crippen LogP contribution is -2.43. The molecule has 1 amide bonds. The van der Waals surface area contributed by atoms with Crippen molar-refractivity contribution in [1.29, 1.82) is 5.41 Å². The molecule has 4 aromatic rings. The Morgan fingerprint density at radius 1 is 0.946 bits per heavy atom. The lowest BCUT2D eigenvalue weighted by molar-refractivity contribution is -0.145. The average Bonchev–Trinajstić information content (AvgIpc) is 3.31. The van der Waals surface area contributed by atoms with Crippen molar-refractivity contribution >= 4 is 34.6 Å². The number of ether oxygens (including phenoxy) is 2. The van der Waals surface area contributed by atoms with Crippen LogP contribution in [0.4, 0.5) is 0 Å². The molecule has 0 radical (unpaired) electrons. The maximum atomic E-state index is 12.9. The van der Waals surface area contributed by atoms with Gasteiger partial charge in [-0.15, -0.1) is 0 Å². The van der Waals surface area contributed by atoms with Crippen LogP contribution >= 0.6 is 0 Å². The summed E-state index contributed by atoms with van der Waals surface area (Å²) in [5, 5.41) is 11.1. The van der Waals surface area contributed by atoms with Crippen molar-refractivity contribution in [1.82, 2.24) is 10.3 Å². The second-order valence-electron chi connectivity index (χ2n) is 8.25. The molecule has 1 heterocycles. The van der Waals surface area contributed by atoms with Crippen LogP contribution < -0.4 is 15.8 Å². The van der Waals surface area contributed by atoms with Gasteiger partial charge < -0.3 is 25.5 Å². The van der Waals surface area contributed by atoms with Crippen molar-refractivity contribution in [3.63, 3.8) is 0 Å². The molecular formula is C28H26N4O5. The molecule has 0 aliphatic carbocycles. The van der Waals surface area contributed by atoms with Crippen LogP contribution in [0.1, 0.15) is 38.8 Å². The van der Waals surface area contributed by atoms with Crippen LogP contribution in [0.3, 0.4) is 0 Å². The maximum absolute atomic E-state index is 12.9. The molecule has 4 rings (SSSR count). The quantitative estimate of drug-likeness (QED) is 0.120. The van der Waals surface area contributed by atoms with Gasteiger partial charge in [0.15, 0.2) is 0 Å². The van der Waals surface area contributed by atoms with Crippen LogP contribution in [-0.2, 0) is 16.0 Å². The zero-order chi connectivity index (χ0) is 26.4. The number of carbonyl (C=O) groups excluding carboxylic acids is 3. The number of carbonyl (C=O) groups is 3. The molecule has 3 aromatic carbocycles. The first-order valence-electron chi connectivity index (χ1n) is 11.6. The summed E-state index contributed by atoms with van der Waals surface area (Å²) in [7, 11) is 0. The van der Waals surface area contributed by atoms with Gasteiger partial charge in [-0.1, -0.05) is 18.2 Å². The van der Waals surface area contributed by atoms with E-state index in [9.17, 15) is 14.4 Å². The first kappa shape index (κ1) is 25.2. The third-order valence-electron chi connectivity index (χ3n) is 5.73. The summed E-state index contributed by atoms with van der Waals surface area (Å²) in [6, 6.07) is 19.0. The van der Waals surface area contributed by atoms with Crippen molar-refractivity contribution in [2.45, 2.75) is 19.4 Å². The fraction of sp³-hybridized carbons (Fsp3) is 0.143. The number of para-hydroxylation sites is 1. The highest BCUT2D eigenvalue weighted by molar-refractivity contribution is 5.99. The number of aromatic nitrogens is 1. The molecule has 188 valence electrons. The summed E-state index contributed by atoms with van der Waals surface area (Å²) in [5.41, 5.74) is 8.27. The number of nitrogens with two attached hydrogens (primary N) is 1. The minimum atomic E-state index is -0.894. The molecule has 0 spiro atoms.